The van der Waals surface area contributed by atoms with Crippen molar-refractivity contribution in [3.8, 4) is 0 Å². The van der Waals surface area contributed by atoms with Gasteiger partial charge in [-0.3, -0.25) is 14.4 Å². The molecule has 0 atom stereocenters. The molecule has 2 aromatic carbocycles. The third-order valence-electron chi connectivity index (χ3n) is 4.71. The van der Waals surface area contributed by atoms with Crippen molar-refractivity contribution in [1.29, 1.82) is 0 Å². The molecule has 0 unspecified atom stereocenters. The van der Waals surface area contributed by atoms with Gasteiger partial charge in [-0.25, -0.2) is 0 Å². The van der Waals surface area contributed by atoms with Crippen LogP contribution in [-0.4, -0.2) is 22.6 Å². The van der Waals surface area contributed by atoms with Gasteiger partial charge in [0.1, 0.15) is 0 Å². The van der Waals surface area contributed by atoms with Crippen molar-refractivity contribution >= 4 is 34.2 Å². The molecule has 0 radical (unpaired) electrons. The van der Waals surface area contributed by atoms with E-state index in [0.717, 1.165) is 16.5 Å². The summed E-state index contributed by atoms with van der Waals surface area (Å²) in [4.78, 5) is 40.4. The van der Waals surface area contributed by atoms with Crippen LogP contribution in [0.3, 0.4) is 0 Å². The van der Waals surface area contributed by atoms with Gasteiger partial charge in [0.25, 0.3) is 17.6 Å². The van der Waals surface area contributed by atoms with Crippen LogP contribution in [0.1, 0.15) is 32.2 Å². The van der Waals surface area contributed by atoms with E-state index in [-0.39, 0.29) is 18.2 Å². The maximum Gasteiger partial charge on any atom is 0.292 e. The Balaban J connectivity index is 1.43. The first kappa shape index (κ1) is 19.2. The van der Waals surface area contributed by atoms with Crippen molar-refractivity contribution in [2.75, 3.05) is 5.32 Å². The maximum absolute atomic E-state index is 12.7. The molecule has 0 bridgehead atoms. The number of fused-ring (bicyclic) bond motifs is 1. The van der Waals surface area contributed by atoms with Gasteiger partial charge in [-0.1, -0.05) is 30.3 Å². The number of Topliss-reactive ketones (excluding diaryl/α,β-unsaturated/α-hetero) is 1. The van der Waals surface area contributed by atoms with Gasteiger partial charge in [-0.2, -0.15) is 0 Å². The normalized spacial score (nSPS) is 10.7. The summed E-state index contributed by atoms with van der Waals surface area (Å²) >= 11 is 0. The fourth-order valence-corrected chi connectivity index (χ4v) is 3.30. The minimum atomic E-state index is -0.687. The number of aromatic amines is 1. The van der Waals surface area contributed by atoms with Crippen LogP contribution in [0.25, 0.3) is 10.9 Å². The fraction of sp³-hybridized carbons (Fsp3) is 0.0870. The quantitative estimate of drug-likeness (QED) is 0.337. The highest BCUT2D eigenvalue weighted by molar-refractivity contribution is 6.45. The van der Waals surface area contributed by atoms with Gasteiger partial charge in [0.2, 0.25) is 0 Å². The van der Waals surface area contributed by atoms with Crippen LogP contribution in [0.4, 0.5) is 5.69 Å². The van der Waals surface area contributed by atoms with E-state index in [4.69, 9.17) is 4.42 Å². The molecule has 0 fully saturated rings. The number of aromatic nitrogens is 1. The zero-order valence-electron chi connectivity index (χ0n) is 16.2. The summed E-state index contributed by atoms with van der Waals surface area (Å²) in [5.74, 6) is -1.44. The van der Waals surface area contributed by atoms with Crippen LogP contribution in [0, 0.1) is 6.92 Å². The SMILES string of the molecule is Cc1[nH]c2ccccc2c1C(=O)C(=O)NCc1cccc(NC(=O)c2ccco2)c1. The number of carbonyl (C=O) groups is 3. The van der Waals surface area contributed by atoms with E-state index in [1.807, 2.05) is 24.3 Å². The first-order valence-electron chi connectivity index (χ1n) is 9.36. The molecule has 2 heterocycles. The average molecular weight is 401 g/mol. The third kappa shape index (κ3) is 3.86. The van der Waals surface area contributed by atoms with Gasteiger partial charge in [0.15, 0.2) is 5.76 Å². The van der Waals surface area contributed by atoms with Gasteiger partial charge >= 0.3 is 0 Å². The smallest absolute Gasteiger partial charge is 0.292 e. The predicted molar refractivity (Wildman–Crippen MR) is 112 cm³/mol. The molecular formula is C23H19N3O4. The zero-order chi connectivity index (χ0) is 21.1. The van der Waals surface area contributed by atoms with Crippen molar-refractivity contribution in [3.05, 3.63) is 89.5 Å². The largest absolute Gasteiger partial charge is 0.459 e. The molecule has 7 heteroatoms. The molecule has 4 aromatic rings. The summed E-state index contributed by atoms with van der Waals surface area (Å²) in [7, 11) is 0. The number of ketones is 1. The van der Waals surface area contributed by atoms with Gasteiger partial charge in [0, 0.05) is 28.8 Å². The molecule has 7 nitrogen and oxygen atoms in total. The van der Waals surface area contributed by atoms with Gasteiger partial charge < -0.3 is 20.0 Å². The van der Waals surface area contributed by atoms with Crippen molar-refractivity contribution < 1.29 is 18.8 Å². The molecule has 0 saturated heterocycles. The molecule has 2 aromatic heterocycles. The second kappa shape index (κ2) is 8.08. The first-order valence-corrected chi connectivity index (χ1v) is 9.36. The number of benzene rings is 2. The number of furan rings is 1. The van der Waals surface area contributed by atoms with E-state index >= 15 is 0 Å². The Morgan fingerprint density at radius 3 is 2.63 bits per heavy atom. The molecule has 4 rings (SSSR count). The number of rotatable bonds is 6. The Kier molecular flexibility index (Phi) is 5.17. The van der Waals surface area contributed by atoms with E-state index in [2.05, 4.69) is 15.6 Å². The van der Waals surface area contributed by atoms with Crippen molar-refractivity contribution in [3.63, 3.8) is 0 Å². The van der Waals surface area contributed by atoms with E-state index in [0.29, 0.717) is 16.9 Å². The van der Waals surface area contributed by atoms with Crippen molar-refractivity contribution in [1.82, 2.24) is 10.3 Å². The molecular weight excluding hydrogens is 382 g/mol. The number of amides is 2. The Hall–Kier alpha value is -4.13. The Morgan fingerprint density at radius 1 is 1.00 bits per heavy atom. The monoisotopic (exact) mass is 401 g/mol. The first-order chi connectivity index (χ1) is 14.5. The Labute approximate surface area is 172 Å². The van der Waals surface area contributed by atoms with Crippen LogP contribution in [0.5, 0.6) is 0 Å². The number of hydrogen-bond acceptors (Lipinski definition) is 4. The number of para-hydroxylation sites is 1. The zero-order valence-corrected chi connectivity index (χ0v) is 16.2. The topological polar surface area (TPSA) is 104 Å². The second-order valence-electron chi connectivity index (χ2n) is 6.81. The summed E-state index contributed by atoms with van der Waals surface area (Å²) in [6, 6.07) is 17.6. The Morgan fingerprint density at radius 2 is 1.83 bits per heavy atom. The van der Waals surface area contributed by atoms with E-state index < -0.39 is 11.7 Å². The molecule has 30 heavy (non-hydrogen) atoms. The van der Waals surface area contributed by atoms with E-state index in [1.54, 1.807) is 43.3 Å². The average Bonchev–Trinajstić information content (AvgIpc) is 3.39. The van der Waals surface area contributed by atoms with E-state index in [9.17, 15) is 14.4 Å². The molecule has 150 valence electrons. The van der Waals surface area contributed by atoms with Gasteiger partial charge in [-0.15, -0.1) is 0 Å². The molecule has 0 aliphatic rings. The summed E-state index contributed by atoms with van der Waals surface area (Å²) in [6.07, 6.45) is 1.42. The summed E-state index contributed by atoms with van der Waals surface area (Å²) in [6.45, 7) is 1.92. The van der Waals surface area contributed by atoms with Crippen LogP contribution in [0.2, 0.25) is 0 Å². The molecule has 0 spiro atoms. The lowest BCUT2D eigenvalue weighted by Crippen LogP contribution is -2.30. The van der Waals surface area contributed by atoms with Crippen molar-refractivity contribution in [2.24, 2.45) is 0 Å². The van der Waals surface area contributed by atoms with Gasteiger partial charge in [-0.05, 0) is 42.8 Å². The molecule has 0 aliphatic carbocycles. The number of aryl methyl sites for hydroxylation is 1. The van der Waals surface area contributed by atoms with Crippen LogP contribution in [0.15, 0.2) is 71.3 Å². The number of H-pyrrole nitrogens is 1. The molecule has 0 aliphatic heterocycles. The van der Waals surface area contributed by atoms with Gasteiger partial charge in [0.05, 0.1) is 11.8 Å². The van der Waals surface area contributed by atoms with Crippen LogP contribution in [-0.2, 0) is 11.3 Å². The highest BCUT2D eigenvalue weighted by Crippen LogP contribution is 2.22. The lowest BCUT2D eigenvalue weighted by atomic mass is 10.1. The molecule has 3 N–H and O–H groups in total. The Bertz CT molecular complexity index is 1240. The molecule has 0 saturated carbocycles. The second-order valence-corrected chi connectivity index (χ2v) is 6.81. The minimum Gasteiger partial charge on any atom is -0.459 e. The highest BCUT2D eigenvalue weighted by atomic mass is 16.3. The molecule has 2 amide bonds. The summed E-state index contributed by atoms with van der Waals surface area (Å²) in [5, 5.41) is 6.10. The van der Waals surface area contributed by atoms with Crippen LogP contribution < -0.4 is 10.6 Å². The third-order valence-corrected chi connectivity index (χ3v) is 4.71. The number of hydrogen-bond donors (Lipinski definition) is 3. The van der Waals surface area contributed by atoms with E-state index in [1.165, 1.54) is 6.26 Å². The summed E-state index contributed by atoms with van der Waals surface area (Å²) < 4.78 is 5.07. The van der Waals surface area contributed by atoms with Crippen LogP contribution >= 0.6 is 0 Å². The lowest BCUT2D eigenvalue weighted by molar-refractivity contribution is -0.117. The fourth-order valence-electron chi connectivity index (χ4n) is 3.30. The highest BCUT2D eigenvalue weighted by Gasteiger charge is 2.22. The number of nitrogens with one attached hydrogen (secondary N) is 3. The number of carbonyl (C=O) groups excluding carboxylic acids is 3. The van der Waals surface area contributed by atoms with Crippen molar-refractivity contribution in [2.45, 2.75) is 13.5 Å². The lowest BCUT2D eigenvalue weighted by Gasteiger charge is -2.08. The predicted octanol–water partition coefficient (Wildman–Crippen LogP) is 3.82. The summed E-state index contributed by atoms with van der Waals surface area (Å²) in [5.41, 5.74) is 3.14. The standard InChI is InChI=1S/C23H19N3O4/c1-14-20(17-8-2-3-9-18(17)25-14)21(27)23(29)24-13-15-6-4-7-16(12-15)26-22(28)19-10-5-11-30-19/h2-12,25H,13H2,1H3,(H,24,29)(H,26,28). The minimum absolute atomic E-state index is 0.149. The maximum atomic E-state index is 12.7. The number of anilines is 1.